The number of carbonyl (C=O) groups excluding carboxylic acids is 1. The molecule has 0 saturated carbocycles. The van der Waals surface area contributed by atoms with Crippen LogP contribution in [0.3, 0.4) is 0 Å². The van der Waals surface area contributed by atoms with Crippen LogP contribution in [0.15, 0.2) is 35.5 Å². The number of hydrogen-bond acceptors (Lipinski definition) is 7. The molecule has 0 spiro atoms. The largest absolute Gasteiger partial charge is 0.489 e. The summed E-state index contributed by atoms with van der Waals surface area (Å²) < 4.78 is 37.8. The van der Waals surface area contributed by atoms with Crippen molar-refractivity contribution >= 4 is 27.4 Å². The highest BCUT2D eigenvalue weighted by Crippen LogP contribution is 2.32. The maximum absolute atomic E-state index is 12.6. The molecule has 0 unspecified atom stereocenters. The first-order valence-corrected chi connectivity index (χ1v) is 10.2. The fraction of sp³-hybridized carbons (Fsp3) is 0.389. The van der Waals surface area contributed by atoms with Crippen LogP contribution in [-0.4, -0.2) is 38.5 Å². The highest BCUT2D eigenvalue weighted by Gasteiger charge is 2.20. The van der Waals surface area contributed by atoms with Crippen LogP contribution in [0.2, 0.25) is 0 Å². The van der Waals surface area contributed by atoms with Gasteiger partial charge in [-0.3, -0.25) is 9.52 Å². The average Bonchev–Trinajstić information content (AvgIpc) is 2.68. The summed E-state index contributed by atoms with van der Waals surface area (Å²) in [6.45, 7) is 2.07. The molecule has 10 heteroatoms. The van der Waals surface area contributed by atoms with Crippen molar-refractivity contribution in [2.24, 2.45) is 0 Å². The van der Waals surface area contributed by atoms with E-state index in [1.165, 1.54) is 38.5 Å². The molecule has 0 saturated heterocycles. The van der Waals surface area contributed by atoms with Gasteiger partial charge in [0.2, 0.25) is 11.7 Å². The van der Waals surface area contributed by atoms with Gasteiger partial charge in [-0.25, -0.2) is 13.4 Å². The highest BCUT2D eigenvalue weighted by atomic mass is 32.2. The van der Waals surface area contributed by atoms with Crippen LogP contribution in [-0.2, 0) is 14.8 Å². The van der Waals surface area contributed by atoms with E-state index >= 15 is 0 Å². The number of sulfonamides is 1. The third kappa shape index (κ3) is 5.56. The van der Waals surface area contributed by atoms with Crippen LogP contribution >= 0.6 is 0 Å². The minimum atomic E-state index is -3.92. The fourth-order valence-electron chi connectivity index (χ4n) is 2.42. The van der Waals surface area contributed by atoms with Crippen molar-refractivity contribution in [1.82, 2.24) is 9.97 Å². The van der Waals surface area contributed by atoms with Gasteiger partial charge in [0.25, 0.3) is 15.9 Å². The molecule has 0 radical (unpaired) electrons. The molecule has 2 rings (SSSR count). The Bertz CT molecular complexity index is 901. The molecular weight excluding hydrogens is 384 g/mol. The van der Waals surface area contributed by atoms with Gasteiger partial charge in [-0.2, -0.15) is 4.98 Å². The lowest BCUT2D eigenvalue weighted by molar-refractivity contribution is -0.116. The predicted octanol–water partition coefficient (Wildman–Crippen LogP) is 2.81. The minimum Gasteiger partial charge on any atom is -0.489 e. The van der Waals surface area contributed by atoms with E-state index in [2.05, 4.69) is 26.9 Å². The number of carbonyl (C=O) groups is 1. The van der Waals surface area contributed by atoms with E-state index in [0.29, 0.717) is 12.1 Å². The predicted molar refractivity (Wildman–Crippen MR) is 105 cm³/mol. The topological polar surface area (TPSA) is 120 Å². The van der Waals surface area contributed by atoms with E-state index in [-0.39, 0.29) is 28.3 Å². The molecule has 0 aliphatic heterocycles. The Hall–Kier alpha value is -2.88. The zero-order valence-corrected chi connectivity index (χ0v) is 16.9. The van der Waals surface area contributed by atoms with Gasteiger partial charge in [0, 0.05) is 12.1 Å². The smallest absolute Gasteiger partial charge is 0.263 e. The summed E-state index contributed by atoms with van der Waals surface area (Å²) in [6, 6.07) is 5.86. The molecule has 0 fully saturated rings. The maximum atomic E-state index is 12.6. The van der Waals surface area contributed by atoms with Crippen LogP contribution in [0.25, 0.3) is 0 Å². The Morgan fingerprint density at radius 2 is 1.79 bits per heavy atom. The third-order valence-corrected chi connectivity index (χ3v) is 5.21. The van der Waals surface area contributed by atoms with E-state index in [9.17, 15) is 13.2 Å². The molecule has 152 valence electrons. The Labute approximate surface area is 164 Å². The third-order valence-electron chi connectivity index (χ3n) is 3.86. The molecule has 0 aliphatic carbocycles. The second-order valence-electron chi connectivity index (χ2n) is 5.90. The van der Waals surface area contributed by atoms with E-state index < -0.39 is 10.0 Å². The number of nitrogens with one attached hydrogen (secondary N) is 2. The number of benzene rings is 1. The van der Waals surface area contributed by atoms with Crippen molar-refractivity contribution in [1.29, 1.82) is 0 Å². The van der Waals surface area contributed by atoms with Crippen LogP contribution in [0.1, 0.15) is 32.6 Å². The summed E-state index contributed by atoms with van der Waals surface area (Å²) in [7, 11) is -1.18. The second-order valence-corrected chi connectivity index (χ2v) is 7.58. The summed E-state index contributed by atoms with van der Waals surface area (Å²) in [4.78, 5) is 19.6. The van der Waals surface area contributed by atoms with Gasteiger partial charge in [0.15, 0.2) is 5.82 Å². The van der Waals surface area contributed by atoms with Gasteiger partial charge in [0.1, 0.15) is 6.33 Å². The highest BCUT2D eigenvalue weighted by molar-refractivity contribution is 7.92. The molecule has 0 atom stereocenters. The average molecular weight is 408 g/mol. The van der Waals surface area contributed by atoms with Gasteiger partial charge < -0.3 is 14.8 Å². The summed E-state index contributed by atoms with van der Waals surface area (Å²) in [6.07, 6.45) is 4.45. The van der Waals surface area contributed by atoms with Crippen molar-refractivity contribution < 1.29 is 22.7 Å². The number of methoxy groups -OCH3 is 2. The number of ether oxygens (including phenoxy) is 2. The zero-order chi connectivity index (χ0) is 20.6. The maximum Gasteiger partial charge on any atom is 0.263 e. The first kappa shape index (κ1) is 21.4. The van der Waals surface area contributed by atoms with Gasteiger partial charge >= 0.3 is 0 Å². The second kappa shape index (κ2) is 9.88. The first-order chi connectivity index (χ1) is 13.4. The standard InChI is InChI=1S/C18H24N4O5S/c1-4-5-6-7-15(23)21-13-8-10-14(11-9-13)28(24,25)22-17-16(26-2)18(27-3)20-12-19-17/h8-12H,4-7H2,1-3H3,(H,21,23)(H,19,20,22). The summed E-state index contributed by atoms with van der Waals surface area (Å²) >= 11 is 0. The summed E-state index contributed by atoms with van der Waals surface area (Å²) in [5.41, 5.74) is 0.529. The number of rotatable bonds is 10. The number of unbranched alkanes of at least 4 members (excludes halogenated alkanes) is 2. The normalized spacial score (nSPS) is 11.0. The SMILES string of the molecule is CCCCCC(=O)Nc1ccc(S(=O)(=O)Nc2ncnc(OC)c2OC)cc1. The number of nitrogens with zero attached hydrogens (tertiary/aromatic N) is 2. The van der Waals surface area contributed by atoms with Gasteiger partial charge in [-0.1, -0.05) is 19.8 Å². The monoisotopic (exact) mass is 408 g/mol. The van der Waals surface area contributed by atoms with Gasteiger partial charge in [-0.15, -0.1) is 0 Å². The van der Waals surface area contributed by atoms with E-state index in [0.717, 1.165) is 25.6 Å². The van der Waals surface area contributed by atoms with Crippen molar-refractivity contribution in [3.05, 3.63) is 30.6 Å². The quantitative estimate of drug-likeness (QED) is 0.580. The molecule has 0 bridgehead atoms. The molecule has 1 aromatic heterocycles. The minimum absolute atomic E-state index is 0.0103. The number of amides is 1. The lowest BCUT2D eigenvalue weighted by Crippen LogP contribution is -2.15. The van der Waals surface area contributed by atoms with Crippen LogP contribution in [0.4, 0.5) is 11.5 Å². The van der Waals surface area contributed by atoms with Crippen LogP contribution in [0.5, 0.6) is 11.6 Å². The Morgan fingerprint density at radius 1 is 1.07 bits per heavy atom. The number of anilines is 2. The van der Waals surface area contributed by atoms with Crippen molar-refractivity contribution in [3.63, 3.8) is 0 Å². The van der Waals surface area contributed by atoms with Crippen molar-refractivity contribution in [3.8, 4) is 11.6 Å². The molecule has 2 aromatic rings. The van der Waals surface area contributed by atoms with E-state index in [4.69, 9.17) is 9.47 Å². The van der Waals surface area contributed by atoms with Crippen molar-refractivity contribution in [2.75, 3.05) is 24.3 Å². The lowest BCUT2D eigenvalue weighted by atomic mass is 10.2. The van der Waals surface area contributed by atoms with E-state index in [1.807, 2.05) is 0 Å². The number of aromatic nitrogens is 2. The molecule has 0 aliphatic rings. The molecule has 9 nitrogen and oxygen atoms in total. The molecule has 1 heterocycles. The Balaban J connectivity index is 2.11. The van der Waals surface area contributed by atoms with Crippen LogP contribution in [0, 0.1) is 0 Å². The zero-order valence-electron chi connectivity index (χ0n) is 16.1. The number of hydrogen-bond donors (Lipinski definition) is 2. The van der Waals surface area contributed by atoms with E-state index in [1.54, 1.807) is 0 Å². The molecule has 28 heavy (non-hydrogen) atoms. The summed E-state index contributed by atoms with van der Waals surface area (Å²) in [5, 5.41) is 2.75. The van der Waals surface area contributed by atoms with Gasteiger partial charge in [0.05, 0.1) is 19.1 Å². The molecular formula is C18H24N4O5S. The summed E-state index contributed by atoms with van der Waals surface area (Å²) in [5.74, 6) is 0.0449. The molecule has 1 aromatic carbocycles. The Kier molecular flexibility index (Phi) is 7.56. The Morgan fingerprint density at radius 3 is 2.39 bits per heavy atom. The van der Waals surface area contributed by atoms with Gasteiger partial charge in [-0.05, 0) is 30.7 Å². The molecule has 1 amide bonds. The first-order valence-electron chi connectivity index (χ1n) is 8.77. The lowest BCUT2D eigenvalue weighted by Gasteiger charge is -2.13. The fourth-order valence-corrected chi connectivity index (χ4v) is 3.43. The molecule has 2 N–H and O–H groups in total. The van der Waals surface area contributed by atoms with Crippen molar-refractivity contribution in [2.45, 2.75) is 37.5 Å². The van der Waals surface area contributed by atoms with Crippen LogP contribution < -0.4 is 19.5 Å².